The Morgan fingerprint density at radius 3 is 2.63 bits per heavy atom. The van der Waals surface area contributed by atoms with E-state index in [0.29, 0.717) is 13.0 Å². The molecule has 0 unspecified atom stereocenters. The van der Waals surface area contributed by atoms with Crippen LogP contribution >= 0.6 is 0 Å². The van der Waals surface area contributed by atoms with Crippen molar-refractivity contribution in [2.75, 3.05) is 19.8 Å². The van der Waals surface area contributed by atoms with E-state index in [9.17, 15) is 15.0 Å². The van der Waals surface area contributed by atoms with Crippen molar-refractivity contribution in [2.45, 2.75) is 44.0 Å². The van der Waals surface area contributed by atoms with Crippen LogP contribution in [0.15, 0.2) is 0 Å². The average molecular weight is 278 g/mol. The zero-order valence-electron chi connectivity index (χ0n) is 10.9. The van der Waals surface area contributed by atoms with Gasteiger partial charge in [0.15, 0.2) is 6.29 Å². The summed E-state index contributed by atoms with van der Waals surface area (Å²) in [5.74, 6) is -0.380. The molecule has 1 heterocycles. The summed E-state index contributed by atoms with van der Waals surface area (Å²) in [6.45, 7) is 1.56. The summed E-state index contributed by atoms with van der Waals surface area (Å²) < 4.78 is 10.7. The average Bonchev–Trinajstić information content (AvgIpc) is 2.37. The van der Waals surface area contributed by atoms with Gasteiger partial charge in [-0.3, -0.25) is 4.79 Å². The fourth-order valence-corrected chi connectivity index (χ4v) is 1.90. The molecule has 5 atom stereocenters. The highest BCUT2D eigenvalue weighted by Crippen LogP contribution is 2.22. The molecule has 0 bridgehead atoms. The number of amides is 1. The van der Waals surface area contributed by atoms with Gasteiger partial charge in [-0.25, -0.2) is 0 Å². The van der Waals surface area contributed by atoms with E-state index in [4.69, 9.17) is 20.3 Å². The van der Waals surface area contributed by atoms with E-state index in [2.05, 4.69) is 5.32 Å². The minimum Gasteiger partial charge on any atom is -0.394 e. The predicted molar refractivity (Wildman–Crippen MR) is 65.0 cm³/mol. The van der Waals surface area contributed by atoms with Crippen LogP contribution in [0.5, 0.6) is 0 Å². The lowest BCUT2D eigenvalue weighted by Gasteiger charge is -2.42. The molecule has 1 aliphatic heterocycles. The molecule has 1 rings (SSSR count). The van der Waals surface area contributed by atoms with Gasteiger partial charge in [-0.2, -0.15) is 0 Å². The fraction of sp³-hybridized carbons (Fsp3) is 0.909. The quantitative estimate of drug-likeness (QED) is 0.334. The lowest BCUT2D eigenvalue weighted by atomic mass is 9.97. The maximum absolute atomic E-state index is 11.1. The predicted octanol–water partition coefficient (Wildman–Crippen LogP) is -2.70. The van der Waals surface area contributed by atoms with E-state index in [-0.39, 0.29) is 12.5 Å². The second-order valence-corrected chi connectivity index (χ2v) is 4.45. The third kappa shape index (κ3) is 4.37. The standard InChI is InChI=1S/C11H22N2O6/c1-6(15)13-8-10(17)9(16)7(5-14)19-11(8)18-4-2-3-12/h7-11,14,16-17H,2-5,12H2,1H3,(H,13,15)/t7-,8-,9+,10-,11+/m1/s1. The van der Waals surface area contributed by atoms with Gasteiger partial charge in [-0.05, 0) is 13.0 Å². The number of ether oxygens (including phenoxy) is 2. The second-order valence-electron chi connectivity index (χ2n) is 4.45. The van der Waals surface area contributed by atoms with Crippen LogP contribution in [-0.4, -0.2) is 71.6 Å². The molecule has 8 heteroatoms. The molecule has 0 radical (unpaired) electrons. The van der Waals surface area contributed by atoms with Crippen LogP contribution in [-0.2, 0) is 14.3 Å². The molecule has 0 aromatic rings. The molecule has 1 amide bonds. The zero-order chi connectivity index (χ0) is 14.4. The van der Waals surface area contributed by atoms with Crippen molar-refractivity contribution in [1.82, 2.24) is 5.32 Å². The molecule has 8 nitrogen and oxygen atoms in total. The molecule has 0 aromatic heterocycles. The van der Waals surface area contributed by atoms with E-state index >= 15 is 0 Å². The molecular formula is C11H22N2O6. The summed E-state index contributed by atoms with van der Waals surface area (Å²) in [7, 11) is 0. The summed E-state index contributed by atoms with van der Waals surface area (Å²) in [6, 6.07) is -0.895. The molecule has 1 saturated heterocycles. The number of nitrogens with one attached hydrogen (secondary N) is 1. The fourth-order valence-electron chi connectivity index (χ4n) is 1.90. The van der Waals surface area contributed by atoms with Gasteiger partial charge in [0.1, 0.15) is 24.4 Å². The van der Waals surface area contributed by atoms with Crippen LogP contribution in [0.2, 0.25) is 0 Å². The Kier molecular flexibility index (Phi) is 6.63. The first kappa shape index (κ1) is 16.3. The number of aliphatic hydroxyl groups excluding tert-OH is 3. The Labute approximate surface area is 111 Å². The van der Waals surface area contributed by atoms with Gasteiger partial charge in [0.25, 0.3) is 0 Å². The minimum atomic E-state index is -1.30. The monoisotopic (exact) mass is 278 g/mol. The first-order chi connectivity index (χ1) is 9.01. The topological polar surface area (TPSA) is 134 Å². The summed E-state index contributed by atoms with van der Waals surface area (Å²) in [4.78, 5) is 11.1. The van der Waals surface area contributed by atoms with Crippen molar-refractivity contribution in [2.24, 2.45) is 5.73 Å². The normalized spacial score (nSPS) is 35.1. The molecule has 6 N–H and O–H groups in total. The second kappa shape index (κ2) is 7.73. The minimum absolute atomic E-state index is 0.290. The maximum atomic E-state index is 11.1. The van der Waals surface area contributed by atoms with Crippen molar-refractivity contribution in [1.29, 1.82) is 0 Å². The zero-order valence-corrected chi connectivity index (χ0v) is 10.9. The van der Waals surface area contributed by atoms with Gasteiger partial charge >= 0.3 is 0 Å². The maximum Gasteiger partial charge on any atom is 0.217 e. The summed E-state index contributed by atoms with van der Waals surface area (Å²) >= 11 is 0. The van der Waals surface area contributed by atoms with Crippen LogP contribution in [0, 0.1) is 0 Å². The van der Waals surface area contributed by atoms with Crippen molar-refractivity contribution in [3.05, 3.63) is 0 Å². The Bertz CT molecular complexity index is 290. The van der Waals surface area contributed by atoms with Crippen LogP contribution in [0.4, 0.5) is 0 Å². The molecule has 0 aromatic carbocycles. The van der Waals surface area contributed by atoms with E-state index in [1.807, 2.05) is 0 Å². The lowest BCUT2D eigenvalue weighted by molar-refractivity contribution is -0.270. The van der Waals surface area contributed by atoms with Gasteiger partial charge in [0, 0.05) is 6.92 Å². The highest BCUT2D eigenvalue weighted by atomic mass is 16.7. The molecule has 1 aliphatic rings. The number of carbonyl (C=O) groups excluding carboxylic acids is 1. The van der Waals surface area contributed by atoms with Crippen molar-refractivity contribution in [3.8, 4) is 0 Å². The highest BCUT2D eigenvalue weighted by molar-refractivity contribution is 5.73. The van der Waals surface area contributed by atoms with Gasteiger partial charge in [-0.1, -0.05) is 0 Å². The molecular weight excluding hydrogens is 256 g/mol. The number of hydrogen-bond acceptors (Lipinski definition) is 7. The Balaban J connectivity index is 2.71. The highest BCUT2D eigenvalue weighted by Gasteiger charge is 2.45. The number of carbonyl (C=O) groups is 1. The Morgan fingerprint density at radius 1 is 1.42 bits per heavy atom. The molecule has 0 spiro atoms. The van der Waals surface area contributed by atoms with Gasteiger partial charge in [0.2, 0.25) is 5.91 Å². The van der Waals surface area contributed by atoms with Crippen LogP contribution in [0.3, 0.4) is 0 Å². The number of rotatable bonds is 6. The number of aliphatic hydroxyl groups is 3. The molecule has 0 aliphatic carbocycles. The Morgan fingerprint density at radius 2 is 2.11 bits per heavy atom. The molecule has 1 fully saturated rings. The van der Waals surface area contributed by atoms with Gasteiger partial charge in [-0.15, -0.1) is 0 Å². The first-order valence-electron chi connectivity index (χ1n) is 6.22. The van der Waals surface area contributed by atoms with Crippen molar-refractivity contribution in [3.63, 3.8) is 0 Å². The summed E-state index contributed by atoms with van der Waals surface area (Å²) in [5, 5.41) is 31.3. The largest absolute Gasteiger partial charge is 0.394 e. The van der Waals surface area contributed by atoms with Crippen LogP contribution in [0.25, 0.3) is 0 Å². The Hall–Kier alpha value is -0.770. The van der Waals surface area contributed by atoms with E-state index in [1.54, 1.807) is 0 Å². The summed E-state index contributed by atoms with van der Waals surface area (Å²) in [5.41, 5.74) is 5.34. The third-order valence-electron chi connectivity index (χ3n) is 2.88. The third-order valence-corrected chi connectivity index (χ3v) is 2.88. The summed E-state index contributed by atoms with van der Waals surface area (Å²) in [6.07, 6.45) is -3.88. The SMILES string of the molecule is CC(=O)N[C@H]1[C@@H](OCCCN)O[C@H](CO)[C@H](O)[C@@H]1O. The number of nitrogens with two attached hydrogens (primary N) is 1. The van der Waals surface area contributed by atoms with Crippen LogP contribution in [0.1, 0.15) is 13.3 Å². The van der Waals surface area contributed by atoms with Crippen molar-refractivity contribution < 1.29 is 29.6 Å². The van der Waals surface area contributed by atoms with Gasteiger partial charge < -0.3 is 35.8 Å². The van der Waals surface area contributed by atoms with Gasteiger partial charge in [0.05, 0.1) is 13.2 Å². The number of hydrogen-bond donors (Lipinski definition) is 5. The van der Waals surface area contributed by atoms with Crippen LogP contribution < -0.4 is 11.1 Å². The van der Waals surface area contributed by atoms with E-state index < -0.39 is 37.3 Å². The molecule has 112 valence electrons. The first-order valence-corrected chi connectivity index (χ1v) is 6.22. The molecule has 0 saturated carbocycles. The molecule has 19 heavy (non-hydrogen) atoms. The van der Waals surface area contributed by atoms with Crippen molar-refractivity contribution >= 4 is 5.91 Å². The lowest BCUT2D eigenvalue weighted by Crippen LogP contribution is -2.64. The van der Waals surface area contributed by atoms with E-state index in [0.717, 1.165) is 0 Å². The smallest absolute Gasteiger partial charge is 0.217 e. The van der Waals surface area contributed by atoms with E-state index in [1.165, 1.54) is 6.92 Å².